The van der Waals surface area contributed by atoms with E-state index in [0.29, 0.717) is 32.6 Å². The molecule has 0 N–H and O–H groups in total. The van der Waals surface area contributed by atoms with Gasteiger partial charge in [0.05, 0.1) is 23.4 Å². The van der Waals surface area contributed by atoms with Gasteiger partial charge in [0.25, 0.3) is 0 Å². The molecular weight excluding hydrogens is 337 g/mol. The molecule has 0 bridgehead atoms. The van der Waals surface area contributed by atoms with Gasteiger partial charge in [-0.1, -0.05) is 11.6 Å². The van der Waals surface area contributed by atoms with E-state index in [2.05, 4.69) is 20.9 Å². The Balaban J connectivity index is 2.62. The van der Waals surface area contributed by atoms with Gasteiger partial charge in [0.1, 0.15) is 5.82 Å². The van der Waals surface area contributed by atoms with Crippen molar-refractivity contribution in [3.05, 3.63) is 45.1 Å². The molecule has 0 fully saturated rings. The maximum atomic E-state index is 13.4. The smallest absolute Gasteiger partial charge is 0.224 e. The second kappa shape index (κ2) is 5.67. The Morgan fingerprint density at radius 3 is 2.79 bits per heavy atom. The summed E-state index contributed by atoms with van der Waals surface area (Å²) in [7, 11) is 1.40. The number of hydrogen-bond donors (Lipinski definition) is 0. The van der Waals surface area contributed by atoms with E-state index < -0.39 is 5.82 Å². The largest absolute Gasteiger partial charge is 0.480 e. The summed E-state index contributed by atoms with van der Waals surface area (Å²) in [5.74, 6) is -0.268. The van der Waals surface area contributed by atoms with Crippen LogP contribution in [-0.4, -0.2) is 18.4 Å². The van der Waals surface area contributed by atoms with Gasteiger partial charge < -0.3 is 4.74 Å². The van der Waals surface area contributed by atoms with Crippen LogP contribution in [0.15, 0.2) is 28.7 Å². The van der Waals surface area contributed by atoms with E-state index in [1.807, 2.05) is 0 Å². The Hall–Kier alpha value is -1.46. The van der Waals surface area contributed by atoms with Crippen LogP contribution in [0.3, 0.4) is 0 Å². The van der Waals surface area contributed by atoms with Crippen molar-refractivity contribution < 1.29 is 13.9 Å². The first kappa shape index (κ1) is 14.0. The zero-order chi connectivity index (χ0) is 14.0. The highest BCUT2D eigenvalue weighted by Gasteiger charge is 2.13. The highest BCUT2D eigenvalue weighted by molar-refractivity contribution is 9.10. The minimum atomic E-state index is -0.438. The van der Waals surface area contributed by atoms with Crippen LogP contribution in [-0.2, 0) is 0 Å². The van der Waals surface area contributed by atoms with Crippen LogP contribution >= 0.6 is 27.5 Å². The van der Waals surface area contributed by atoms with Crippen molar-refractivity contribution in [1.29, 1.82) is 0 Å². The fourth-order valence-corrected chi connectivity index (χ4v) is 2.23. The molecule has 0 atom stereocenters. The van der Waals surface area contributed by atoms with Crippen LogP contribution in [0.1, 0.15) is 10.4 Å². The Labute approximate surface area is 122 Å². The Bertz CT molecular complexity index is 649. The van der Waals surface area contributed by atoms with Gasteiger partial charge >= 0.3 is 0 Å². The molecule has 0 saturated carbocycles. The van der Waals surface area contributed by atoms with Gasteiger partial charge in [0.2, 0.25) is 5.88 Å². The predicted molar refractivity (Wildman–Crippen MR) is 74.3 cm³/mol. The van der Waals surface area contributed by atoms with E-state index in [1.165, 1.54) is 19.2 Å². The molecule has 0 amide bonds. The van der Waals surface area contributed by atoms with Crippen molar-refractivity contribution in [3.8, 4) is 17.1 Å². The fourth-order valence-electron chi connectivity index (χ4n) is 1.60. The van der Waals surface area contributed by atoms with Crippen LogP contribution in [0, 0.1) is 5.82 Å². The molecule has 0 saturated heterocycles. The van der Waals surface area contributed by atoms with Crippen molar-refractivity contribution in [1.82, 2.24) is 4.98 Å². The summed E-state index contributed by atoms with van der Waals surface area (Å²) < 4.78 is 18.9. The minimum Gasteiger partial charge on any atom is -0.480 e. The normalized spacial score (nSPS) is 10.3. The number of carbonyl (C=O) groups is 1. The van der Waals surface area contributed by atoms with E-state index in [4.69, 9.17) is 16.3 Å². The monoisotopic (exact) mass is 343 g/mol. The maximum absolute atomic E-state index is 13.4. The Morgan fingerprint density at radius 2 is 2.16 bits per heavy atom. The number of benzene rings is 1. The lowest BCUT2D eigenvalue weighted by Gasteiger charge is -2.09. The van der Waals surface area contributed by atoms with Crippen LogP contribution in [0.4, 0.5) is 4.39 Å². The molecule has 19 heavy (non-hydrogen) atoms. The zero-order valence-corrected chi connectivity index (χ0v) is 12.1. The molecule has 2 rings (SSSR count). The van der Waals surface area contributed by atoms with Gasteiger partial charge in [0.15, 0.2) is 6.29 Å². The summed E-state index contributed by atoms with van der Waals surface area (Å²) in [6, 6.07) is 5.67. The third kappa shape index (κ3) is 2.77. The van der Waals surface area contributed by atoms with Crippen molar-refractivity contribution >= 4 is 33.8 Å². The lowest BCUT2D eigenvalue weighted by Crippen LogP contribution is -1.96. The van der Waals surface area contributed by atoms with Crippen LogP contribution in [0.25, 0.3) is 11.3 Å². The molecule has 98 valence electrons. The quantitative estimate of drug-likeness (QED) is 0.621. The third-order valence-corrected chi connectivity index (χ3v) is 3.74. The lowest BCUT2D eigenvalue weighted by molar-refractivity contribution is 0.112. The zero-order valence-electron chi connectivity index (χ0n) is 9.78. The van der Waals surface area contributed by atoms with Crippen LogP contribution in [0.2, 0.25) is 5.02 Å². The van der Waals surface area contributed by atoms with E-state index in [0.717, 1.165) is 0 Å². The van der Waals surface area contributed by atoms with Gasteiger partial charge in [-0.3, -0.25) is 4.79 Å². The maximum Gasteiger partial charge on any atom is 0.224 e. The first-order valence-electron chi connectivity index (χ1n) is 5.22. The SMILES string of the molecule is COc1nc(-c2cc(F)cc(Br)c2Cl)ccc1C=O. The third-order valence-electron chi connectivity index (χ3n) is 2.48. The van der Waals surface area contributed by atoms with Gasteiger partial charge in [-0.2, -0.15) is 0 Å². The number of nitrogens with zero attached hydrogens (tertiary/aromatic N) is 1. The molecule has 0 aliphatic heterocycles. The van der Waals surface area contributed by atoms with E-state index >= 15 is 0 Å². The van der Waals surface area contributed by atoms with Crippen molar-refractivity contribution in [3.63, 3.8) is 0 Å². The van der Waals surface area contributed by atoms with Gasteiger partial charge in [-0.15, -0.1) is 0 Å². The highest BCUT2D eigenvalue weighted by atomic mass is 79.9. The van der Waals surface area contributed by atoms with Gasteiger partial charge in [-0.05, 0) is 40.2 Å². The van der Waals surface area contributed by atoms with Crippen LogP contribution in [0.5, 0.6) is 5.88 Å². The number of rotatable bonds is 3. The number of halogens is 3. The van der Waals surface area contributed by atoms with Crippen LogP contribution < -0.4 is 4.74 Å². The van der Waals surface area contributed by atoms with E-state index in [9.17, 15) is 9.18 Å². The summed E-state index contributed by atoms with van der Waals surface area (Å²) >= 11 is 9.28. The summed E-state index contributed by atoms with van der Waals surface area (Å²) in [6.07, 6.45) is 0.638. The topological polar surface area (TPSA) is 39.2 Å². The summed E-state index contributed by atoms with van der Waals surface area (Å²) in [5.41, 5.74) is 1.16. The molecule has 0 aliphatic carbocycles. The molecule has 0 radical (unpaired) electrons. The number of hydrogen-bond acceptors (Lipinski definition) is 3. The van der Waals surface area contributed by atoms with Crippen molar-refractivity contribution in [2.24, 2.45) is 0 Å². The molecule has 2 aromatic rings. The number of aldehydes is 1. The fraction of sp³-hybridized carbons (Fsp3) is 0.0769. The van der Waals surface area contributed by atoms with E-state index in [-0.39, 0.29) is 5.88 Å². The van der Waals surface area contributed by atoms with Gasteiger partial charge in [-0.25, -0.2) is 9.37 Å². The average molecular weight is 345 g/mol. The Morgan fingerprint density at radius 1 is 1.42 bits per heavy atom. The number of ether oxygens (including phenoxy) is 1. The standard InChI is InChI=1S/C13H8BrClFNO2/c1-19-13-7(6-18)2-3-11(17-13)9-4-8(16)5-10(14)12(9)15/h2-6H,1H3. The molecule has 6 heteroatoms. The number of pyridine rings is 1. The number of methoxy groups -OCH3 is 1. The minimum absolute atomic E-state index is 0.170. The van der Waals surface area contributed by atoms with Crippen molar-refractivity contribution in [2.75, 3.05) is 7.11 Å². The van der Waals surface area contributed by atoms with Crippen molar-refractivity contribution in [2.45, 2.75) is 0 Å². The number of aromatic nitrogens is 1. The average Bonchev–Trinajstić information content (AvgIpc) is 2.42. The molecule has 0 aliphatic rings. The first-order valence-corrected chi connectivity index (χ1v) is 6.39. The summed E-state index contributed by atoms with van der Waals surface area (Å²) in [6.45, 7) is 0. The molecule has 0 unspecified atom stereocenters. The molecule has 1 aromatic heterocycles. The molecule has 1 aromatic carbocycles. The Kier molecular flexibility index (Phi) is 4.17. The molecule has 1 heterocycles. The predicted octanol–water partition coefficient (Wildman–Crippen LogP) is 4.12. The summed E-state index contributed by atoms with van der Waals surface area (Å²) in [5, 5.41) is 0.342. The second-order valence-electron chi connectivity index (χ2n) is 3.66. The van der Waals surface area contributed by atoms with Gasteiger partial charge in [0, 0.05) is 10.0 Å². The summed E-state index contributed by atoms with van der Waals surface area (Å²) in [4.78, 5) is 14.9. The lowest BCUT2D eigenvalue weighted by atomic mass is 10.1. The second-order valence-corrected chi connectivity index (χ2v) is 4.89. The number of carbonyl (C=O) groups excluding carboxylic acids is 1. The molecular formula is C13H8BrClFNO2. The molecule has 0 spiro atoms. The van der Waals surface area contributed by atoms with E-state index in [1.54, 1.807) is 12.1 Å². The molecule has 3 nitrogen and oxygen atoms in total. The first-order chi connectivity index (χ1) is 9.06. The highest BCUT2D eigenvalue weighted by Crippen LogP contribution is 2.34.